The summed E-state index contributed by atoms with van der Waals surface area (Å²) in [6.07, 6.45) is 0. The minimum Gasteiger partial charge on any atom is -0.493 e. The highest BCUT2D eigenvalue weighted by Gasteiger charge is 2.11. The molecular formula is C16H12F2N2O3. The maximum atomic E-state index is 13.4. The molecule has 0 atom stereocenters. The molecule has 0 fully saturated rings. The summed E-state index contributed by atoms with van der Waals surface area (Å²) >= 11 is 0. The molecule has 118 valence electrons. The molecular weight excluding hydrogens is 306 g/mol. The van der Waals surface area contributed by atoms with Gasteiger partial charge in [0.2, 0.25) is 0 Å². The summed E-state index contributed by atoms with van der Waals surface area (Å²) in [5.41, 5.74) is 0.103. The Morgan fingerprint density at radius 3 is 2.70 bits per heavy atom. The number of ether oxygens (including phenoxy) is 2. The van der Waals surface area contributed by atoms with Crippen LogP contribution in [0.4, 0.5) is 14.5 Å². The first-order valence-electron chi connectivity index (χ1n) is 6.49. The van der Waals surface area contributed by atoms with Gasteiger partial charge in [0.15, 0.2) is 18.1 Å². The third kappa shape index (κ3) is 4.17. The molecule has 0 aliphatic rings. The number of carbonyl (C=O) groups is 1. The standard InChI is InChI=1S/C16H12F2N2O3/c1-22-15-6-10(8-19)2-5-14(15)23-9-16(21)20-13-7-11(17)3-4-12(13)18/h2-7H,9H2,1H3,(H,20,21). The molecule has 2 aromatic carbocycles. The maximum absolute atomic E-state index is 13.4. The van der Waals surface area contributed by atoms with Crippen molar-refractivity contribution in [3.63, 3.8) is 0 Å². The number of hydrogen-bond acceptors (Lipinski definition) is 4. The van der Waals surface area contributed by atoms with Gasteiger partial charge >= 0.3 is 0 Å². The molecule has 1 N–H and O–H groups in total. The number of amides is 1. The van der Waals surface area contributed by atoms with Gasteiger partial charge in [-0.2, -0.15) is 5.26 Å². The smallest absolute Gasteiger partial charge is 0.262 e. The first-order chi connectivity index (χ1) is 11.0. The number of methoxy groups -OCH3 is 1. The molecule has 2 rings (SSSR count). The van der Waals surface area contributed by atoms with Crippen LogP contribution in [-0.2, 0) is 4.79 Å². The van der Waals surface area contributed by atoms with Crippen molar-refractivity contribution in [2.45, 2.75) is 0 Å². The van der Waals surface area contributed by atoms with Crippen molar-refractivity contribution in [3.05, 3.63) is 53.6 Å². The molecule has 0 saturated carbocycles. The molecule has 0 radical (unpaired) electrons. The molecule has 0 heterocycles. The Morgan fingerprint density at radius 1 is 1.22 bits per heavy atom. The molecule has 0 spiro atoms. The number of nitrogens with zero attached hydrogens (tertiary/aromatic N) is 1. The van der Waals surface area contributed by atoms with E-state index in [1.807, 2.05) is 6.07 Å². The van der Waals surface area contributed by atoms with Crippen LogP contribution in [0, 0.1) is 23.0 Å². The molecule has 0 aliphatic carbocycles. The highest BCUT2D eigenvalue weighted by molar-refractivity contribution is 5.92. The van der Waals surface area contributed by atoms with Crippen molar-refractivity contribution in [3.8, 4) is 17.6 Å². The Hall–Kier alpha value is -3.14. The van der Waals surface area contributed by atoms with Crippen LogP contribution < -0.4 is 14.8 Å². The van der Waals surface area contributed by atoms with Gasteiger partial charge in [0.05, 0.1) is 24.4 Å². The number of carbonyl (C=O) groups excluding carboxylic acids is 1. The summed E-state index contributed by atoms with van der Waals surface area (Å²) in [5, 5.41) is 11.0. The van der Waals surface area contributed by atoms with E-state index in [4.69, 9.17) is 14.7 Å². The van der Waals surface area contributed by atoms with Gasteiger partial charge in [-0.1, -0.05) is 0 Å². The minimum absolute atomic E-state index is 0.251. The third-order valence-electron chi connectivity index (χ3n) is 2.85. The zero-order chi connectivity index (χ0) is 16.8. The summed E-state index contributed by atoms with van der Waals surface area (Å²) in [4.78, 5) is 11.8. The number of rotatable bonds is 5. The quantitative estimate of drug-likeness (QED) is 0.920. The minimum atomic E-state index is -0.754. The van der Waals surface area contributed by atoms with Crippen molar-refractivity contribution in [1.29, 1.82) is 5.26 Å². The second-order valence-corrected chi connectivity index (χ2v) is 4.44. The predicted octanol–water partition coefficient (Wildman–Crippen LogP) is 2.86. The fraction of sp³-hybridized carbons (Fsp3) is 0.125. The summed E-state index contributed by atoms with van der Waals surface area (Å²) in [5.74, 6) is -1.55. The number of anilines is 1. The van der Waals surface area contributed by atoms with Crippen molar-refractivity contribution in [2.24, 2.45) is 0 Å². The SMILES string of the molecule is COc1cc(C#N)ccc1OCC(=O)Nc1cc(F)ccc1F. The highest BCUT2D eigenvalue weighted by Crippen LogP contribution is 2.27. The number of halogens is 2. The van der Waals surface area contributed by atoms with Crippen molar-refractivity contribution in [1.82, 2.24) is 0 Å². The zero-order valence-electron chi connectivity index (χ0n) is 12.1. The van der Waals surface area contributed by atoms with E-state index in [1.165, 1.54) is 25.3 Å². The second kappa shape index (κ2) is 7.22. The van der Waals surface area contributed by atoms with Crippen LogP contribution in [-0.4, -0.2) is 19.6 Å². The van der Waals surface area contributed by atoms with Gasteiger partial charge in [-0.05, 0) is 24.3 Å². The average Bonchev–Trinajstić information content (AvgIpc) is 2.56. The van der Waals surface area contributed by atoms with Gasteiger partial charge in [-0.3, -0.25) is 4.79 Å². The van der Waals surface area contributed by atoms with Crippen molar-refractivity contribution >= 4 is 11.6 Å². The fourth-order valence-corrected chi connectivity index (χ4v) is 1.78. The van der Waals surface area contributed by atoms with Gasteiger partial charge in [-0.15, -0.1) is 0 Å². The Labute approximate surface area is 131 Å². The average molecular weight is 318 g/mol. The highest BCUT2D eigenvalue weighted by atomic mass is 19.1. The van der Waals surface area contributed by atoms with E-state index in [0.717, 1.165) is 18.2 Å². The zero-order valence-corrected chi connectivity index (χ0v) is 12.1. The van der Waals surface area contributed by atoms with E-state index in [-0.39, 0.29) is 17.2 Å². The van der Waals surface area contributed by atoms with Gasteiger partial charge in [0, 0.05) is 12.1 Å². The Bertz CT molecular complexity index is 772. The maximum Gasteiger partial charge on any atom is 0.262 e. The lowest BCUT2D eigenvalue weighted by Crippen LogP contribution is -2.21. The van der Waals surface area contributed by atoms with Crippen molar-refractivity contribution in [2.75, 3.05) is 19.0 Å². The second-order valence-electron chi connectivity index (χ2n) is 4.44. The van der Waals surface area contributed by atoms with Crippen LogP contribution in [0.5, 0.6) is 11.5 Å². The number of benzene rings is 2. The Balaban J connectivity index is 2.02. The third-order valence-corrected chi connectivity index (χ3v) is 2.85. The van der Waals surface area contributed by atoms with Crippen molar-refractivity contribution < 1.29 is 23.0 Å². The Morgan fingerprint density at radius 2 is 2.00 bits per heavy atom. The Kier molecular flexibility index (Phi) is 5.10. The lowest BCUT2D eigenvalue weighted by Gasteiger charge is -2.11. The van der Waals surface area contributed by atoms with Crippen LogP contribution in [0.2, 0.25) is 0 Å². The normalized spacial score (nSPS) is 9.83. The van der Waals surface area contributed by atoms with E-state index in [0.29, 0.717) is 5.56 Å². The van der Waals surface area contributed by atoms with Crippen LogP contribution in [0.25, 0.3) is 0 Å². The summed E-state index contributed by atoms with van der Waals surface area (Å²) < 4.78 is 36.8. The molecule has 7 heteroatoms. The molecule has 0 unspecified atom stereocenters. The molecule has 5 nitrogen and oxygen atoms in total. The summed E-state index contributed by atoms with van der Waals surface area (Å²) in [6.45, 7) is -0.432. The molecule has 23 heavy (non-hydrogen) atoms. The van der Waals surface area contributed by atoms with Gasteiger partial charge in [-0.25, -0.2) is 8.78 Å². The molecule has 0 bridgehead atoms. The van der Waals surface area contributed by atoms with Gasteiger partial charge in [0.25, 0.3) is 5.91 Å². The lowest BCUT2D eigenvalue weighted by molar-refractivity contribution is -0.118. The topological polar surface area (TPSA) is 71.3 Å². The van der Waals surface area contributed by atoms with Crippen LogP contribution in [0.1, 0.15) is 5.56 Å². The van der Waals surface area contributed by atoms with E-state index in [9.17, 15) is 13.6 Å². The molecule has 0 saturated heterocycles. The van der Waals surface area contributed by atoms with E-state index < -0.39 is 24.1 Å². The molecule has 0 aromatic heterocycles. The lowest BCUT2D eigenvalue weighted by atomic mass is 10.2. The number of nitriles is 1. The molecule has 1 amide bonds. The predicted molar refractivity (Wildman–Crippen MR) is 78.2 cm³/mol. The first kappa shape index (κ1) is 16.2. The molecule has 2 aromatic rings. The largest absolute Gasteiger partial charge is 0.493 e. The van der Waals surface area contributed by atoms with Crippen LogP contribution in [0.3, 0.4) is 0 Å². The first-order valence-corrected chi connectivity index (χ1v) is 6.49. The van der Waals surface area contributed by atoms with Gasteiger partial charge < -0.3 is 14.8 Å². The monoisotopic (exact) mass is 318 g/mol. The fourth-order valence-electron chi connectivity index (χ4n) is 1.78. The summed E-state index contributed by atoms with van der Waals surface area (Å²) in [6, 6.07) is 9.12. The molecule has 0 aliphatic heterocycles. The van der Waals surface area contributed by atoms with Crippen LogP contribution >= 0.6 is 0 Å². The number of hydrogen-bond donors (Lipinski definition) is 1. The van der Waals surface area contributed by atoms with E-state index >= 15 is 0 Å². The summed E-state index contributed by atoms with van der Waals surface area (Å²) in [7, 11) is 1.39. The number of nitrogens with one attached hydrogen (secondary N) is 1. The van der Waals surface area contributed by atoms with Crippen LogP contribution in [0.15, 0.2) is 36.4 Å². The van der Waals surface area contributed by atoms with E-state index in [2.05, 4.69) is 5.32 Å². The van der Waals surface area contributed by atoms with Gasteiger partial charge in [0.1, 0.15) is 11.6 Å². The van der Waals surface area contributed by atoms with E-state index in [1.54, 1.807) is 0 Å².